The number of aryl methyl sites for hydroxylation is 1. The number of nitrogens with zero attached hydrogens (tertiary/aromatic N) is 4. The average molecular weight is 391 g/mol. The molecule has 29 heavy (non-hydrogen) atoms. The number of aromatic nitrogens is 2. The molecule has 3 aromatic rings. The van der Waals surface area contributed by atoms with E-state index in [0.717, 1.165) is 25.5 Å². The molecule has 0 unspecified atom stereocenters. The number of rotatable bonds is 7. The molecule has 0 amide bonds. The van der Waals surface area contributed by atoms with Gasteiger partial charge in [-0.25, -0.2) is 4.98 Å². The third-order valence-corrected chi connectivity index (χ3v) is 6.09. The molecule has 0 saturated carbocycles. The predicted octanol–water partition coefficient (Wildman–Crippen LogP) is 5.03. The Hall–Kier alpha value is -2.17. The summed E-state index contributed by atoms with van der Waals surface area (Å²) in [6.07, 6.45) is 6.12. The van der Waals surface area contributed by atoms with Crippen molar-refractivity contribution in [3.8, 4) is 11.4 Å². The molecule has 154 valence electrons. The standard InChI is InChI=1S/C25H34N4/c1-3-5-14-27-15-9-16-28(18-17-27)19-22-20-29(4-2)25(26-22)24-13-8-11-21-10-6-7-12-23(21)24/h6-8,10-13,20H,3-5,9,14-19H2,1-2H3. The summed E-state index contributed by atoms with van der Waals surface area (Å²) in [5.41, 5.74) is 2.43. The van der Waals surface area contributed by atoms with E-state index in [0.29, 0.717) is 0 Å². The summed E-state index contributed by atoms with van der Waals surface area (Å²) in [5, 5.41) is 2.56. The van der Waals surface area contributed by atoms with E-state index in [-0.39, 0.29) is 0 Å². The van der Waals surface area contributed by atoms with Gasteiger partial charge in [0.25, 0.3) is 0 Å². The molecule has 2 aromatic carbocycles. The molecule has 0 radical (unpaired) electrons. The third-order valence-electron chi connectivity index (χ3n) is 6.09. The van der Waals surface area contributed by atoms with E-state index in [1.165, 1.54) is 67.5 Å². The van der Waals surface area contributed by atoms with Crippen molar-refractivity contribution in [1.82, 2.24) is 19.4 Å². The lowest BCUT2D eigenvalue weighted by Crippen LogP contribution is -2.31. The summed E-state index contributed by atoms with van der Waals surface area (Å²) in [5.74, 6) is 1.10. The van der Waals surface area contributed by atoms with Gasteiger partial charge in [0.15, 0.2) is 0 Å². The molecule has 1 aliphatic rings. The van der Waals surface area contributed by atoms with E-state index >= 15 is 0 Å². The van der Waals surface area contributed by atoms with Gasteiger partial charge in [-0.3, -0.25) is 4.90 Å². The van der Waals surface area contributed by atoms with Gasteiger partial charge in [0.1, 0.15) is 5.82 Å². The summed E-state index contributed by atoms with van der Waals surface area (Å²) in [6.45, 7) is 12.4. The number of unbranched alkanes of at least 4 members (excludes halogenated alkanes) is 1. The van der Waals surface area contributed by atoms with Gasteiger partial charge in [0.2, 0.25) is 0 Å². The van der Waals surface area contributed by atoms with E-state index in [1.54, 1.807) is 0 Å². The molecule has 0 atom stereocenters. The zero-order chi connectivity index (χ0) is 20.1. The molecule has 4 heteroatoms. The number of fused-ring (bicyclic) bond motifs is 1. The average Bonchev–Trinajstić information content (AvgIpc) is 3.03. The lowest BCUT2D eigenvalue weighted by atomic mass is 10.0. The molecule has 0 spiro atoms. The molecule has 1 aliphatic heterocycles. The van der Waals surface area contributed by atoms with Crippen LogP contribution in [-0.2, 0) is 13.1 Å². The highest BCUT2D eigenvalue weighted by Gasteiger charge is 2.17. The molecular formula is C25H34N4. The Morgan fingerprint density at radius 1 is 0.897 bits per heavy atom. The molecule has 0 bridgehead atoms. The molecular weight excluding hydrogens is 356 g/mol. The van der Waals surface area contributed by atoms with Crippen LogP contribution in [0.1, 0.15) is 38.8 Å². The molecule has 1 fully saturated rings. The molecule has 4 rings (SSSR count). The van der Waals surface area contributed by atoms with Crippen LogP contribution < -0.4 is 0 Å². The van der Waals surface area contributed by atoms with Gasteiger partial charge < -0.3 is 9.47 Å². The second-order valence-electron chi connectivity index (χ2n) is 8.19. The van der Waals surface area contributed by atoms with E-state index in [9.17, 15) is 0 Å². The summed E-state index contributed by atoms with van der Waals surface area (Å²) in [7, 11) is 0. The second kappa shape index (κ2) is 9.55. The fourth-order valence-electron chi connectivity index (χ4n) is 4.44. The Balaban J connectivity index is 1.52. The molecule has 2 heterocycles. The van der Waals surface area contributed by atoms with Crippen LogP contribution in [0, 0.1) is 0 Å². The minimum atomic E-state index is 0.941. The third kappa shape index (κ3) is 4.71. The first-order valence-corrected chi connectivity index (χ1v) is 11.3. The van der Waals surface area contributed by atoms with E-state index in [2.05, 4.69) is 76.9 Å². The maximum Gasteiger partial charge on any atom is 0.140 e. The first-order valence-electron chi connectivity index (χ1n) is 11.3. The molecule has 0 aliphatic carbocycles. The molecule has 4 nitrogen and oxygen atoms in total. The van der Waals surface area contributed by atoms with Crippen LogP contribution in [0.5, 0.6) is 0 Å². The number of imidazole rings is 1. The first kappa shape index (κ1) is 20.1. The maximum atomic E-state index is 5.10. The van der Waals surface area contributed by atoms with Crippen LogP contribution in [0.4, 0.5) is 0 Å². The van der Waals surface area contributed by atoms with Crippen molar-refractivity contribution in [2.75, 3.05) is 32.7 Å². The van der Waals surface area contributed by atoms with Crippen molar-refractivity contribution in [3.05, 3.63) is 54.4 Å². The maximum absolute atomic E-state index is 5.10. The lowest BCUT2D eigenvalue weighted by molar-refractivity contribution is 0.248. The summed E-state index contributed by atoms with van der Waals surface area (Å²) < 4.78 is 2.31. The van der Waals surface area contributed by atoms with Crippen molar-refractivity contribution >= 4 is 10.8 Å². The van der Waals surface area contributed by atoms with Gasteiger partial charge in [0.05, 0.1) is 5.69 Å². The highest BCUT2D eigenvalue weighted by molar-refractivity contribution is 5.95. The Labute approximate surface area is 175 Å². The van der Waals surface area contributed by atoms with Gasteiger partial charge in [-0.2, -0.15) is 0 Å². The van der Waals surface area contributed by atoms with Gasteiger partial charge >= 0.3 is 0 Å². The fraction of sp³-hybridized carbons (Fsp3) is 0.480. The first-order chi connectivity index (χ1) is 14.3. The monoisotopic (exact) mass is 390 g/mol. The quantitative estimate of drug-likeness (QED) is 0.565. The van der Waals surface area contributed by atoms with Crippen LogP contribution in [0.2, 0.25) is 0 Å². The normalized spacial score (nSPS) is 16.3. The molecule has 0 N–H and O–H groups in total. The SMILES string of the molecule is CCCCN1CCCN(Cc2cn(CC)c(-c3cccc4ccccc34)n2)CC1. The number of hydrogen-bond donors (Lipinski definition) is 0. The van der Waals surface area contributed by atoms with Crippen LogP contribution >= 0.6 is 0 Å². The Bertz CT molecular complexity index is 924. The number of benzene rings is 2. The van der Waals surface area contributed by atoms with Crippen LogP contribution in [0.25, 0.3) is 22.2 Å². The molecule has 1 aromatic heterocycles. The van der Waals surface area contributed by atoms with Crippen molar-refractivity contribution in [2.24, 2.45) is 0 Å². The lowest BCUT2D eigenvalue weighted by Gasteiger charge is -2.20. The van der Waals surface area contributed by atoms with Gasteiger partial charge in [-0.15, -0.1) is 0 Å². The zero-order valence-corrected chi connectivity index (χ0v) is 18.0. The van der Waals surface area contributed by atoms with Crippen LogP contribution in [0.3, 0.4) is 0 Å². The summed E-state index contributed by atoms with van der Waals surface area (Å²) in [4.78, 5) is 10.3. The van der Waals surface area contributed by atoms with Crippen LogP contribution in [0.15, 0.2) is 48.7 Å². The Morgan fingerprint density at radius 3 is 2.55 bits per heavy atom. The Kier molecular flexibility index (Phi) is 6.63. The van der Waals surface area contributed by atoms with Crippen molar-refractivity contribution < 1.29 is 0 Å². The highest BCUT2D eigenvalue weighted by Crippen LogP contribution is 2.28. The van der Waals surface area contributed by atoms with E-state index < -0.39 is 0 Å². The largest absolute Gasteiger partial charge is 0.331 e. The fourth-order valence-corrected chi connectivity index (χ4v) is 4.44. The smallest absolute Gasteiger partial charge is 0.140 e. The highest BCUT2D eigenvalue weighted by atomic mass is 15.2. The van der Waals surface area contributed by atoms with Crippen molar-refractivity contribution in [3.63, 3.8) is 0 Å². The van der Waals surface area contributed by atoms with Gasteiger partial charge in [-0.1, -0.05) is 55.8 Å². The minimum Gasteiger partial charge on any atom is -0.331 e. The topological polar surface area (TPSA) is 24.3 Å². The second-order valence-corrected chi connectivity index (χ2v) is 8.19. The van der Waals surface area contributed by atoms with Gasteiger partial charge in [0, 0.05) is 37.9 Å². The molecule has 1 saturated heterocycles. The Morgan fingerprint density at radius 2 is 1.69 bits per heavy atom. The van der Waals surface area contributed by atoms with Gasteiger partial charge in [-0.05, 0) is 50.2 Å². The summed E-state index contributed by atoms with van der Waals surface area (Å²) >= 11 is 0. The van der Waals surface area contributed by atoms with Crippen molar-refractivity contribution in [1.29, 1.82) is 0 Å². The van der Waals surface area contributed by atoms with Crippen molar-refractivity contribution in [2.45, 2.75) is 46.2 Å². The minimum absolute atomic E-state index is 0.941. The van der Waals surface area contributed by atoms with Crippen LogP contribution in [-0.4, -0.2) is 52.1 Å². The number of hydrogen-bond acceptors (Lipinski definition) is 3. The predicted molar refractivity (Wildman–Crippen MR) is 122 cm³/mol. The summed E-state index contributed by atoms with van der Waals surface area (Å²) in [6, 6.07) is 15.1. The van der Waals surface area contributed by atoms with E-state index in [4.69, 9.17) is 4.98 Å². The van der Waals surface area contributed by atoms with E-state index in [1.807, 2.05) is 0 Å². The zero-order valence-electron chi connectivity index (χ0n) is 18.0.